The summed E-state index contributed by atoms with van der Waals surface area (Å²) in [6.45, 7) is 5.67. The molecular weight excluding hydrogens is 260 g/mol. The molecular formula is C14H18N2O4. The SMILES string of the molecule is COC(=O)C(N=Cc1ccc([N+](=O)[O-])cc1)C(C)(C)C. The molecule has 0 bridgehead atoms. The standard InChI is InChI=1S/C14H18N2O4/c1-14(2,3)12(13(17)20-4)15-9-10-5-7-11(8-6-10)16(18)19/h5-9,12H,1-4H3. The van der Waals surface area contributed by atoms with Gasteiger partial charge in [0.25, 0.3) is 5.69 Å². The highest BCUT2D eigenvalue weighted by atomic mass is 16.6. The van der Waals surface area contributed by atoms with E-state index in [0.717, 1.165) is 0 Å². The van der Waals surface area contributed by atoms with Gasteiger partial charge in [-0.1, -0.05) is 20.8 Å². The van der Waals surface area contributed by atoms with Crippen LogP contribution in [0.5, 0.6) is 0 Å². The molecule has 1 aromatic carbocycles. The summed E-state index contributed by atoms with van der Waals surface area (Å²) in [5, 5.41) is 10.5. The van der Waals surface area contributed by atoms with Gasteiger partial charge in [-0.15, -0.1) is 0 Å². The van der Waals surface area contributed by atoms with Gasteiger partial charge in [0.05, 0.1) is 12.0 Å². The number of carbonyl (C=O) groups excluding carboxylic acids is 1. The molecule has 6 nitrogen and oxygen atoms in total. The smallest absolute Gasteiger partial charge is 0.331 e. The first-order valence-electron chi connectivity index (χ1n) is 6.11. The Kier molecular flexibility index (Phi) is 4.96. The molecule has 108 valence electrons. The normalized spacial score (nSPS) is 13.2. The zero-order chi connectivity index (χ0) is 15.3. The fourth-order valence-electron chi connectivity index (χ4n) is 1.59. The van der Waals surface area contributed by atoms with E-state index in [9.17, 15) is 14.9 Å². The molecule has 0 fully saturated rings. The quantitative estimate of drug-likeness (QED) is 0.367. The van der Waals surface area contributed by atoms with E-state index in [-0.39, 0.29) is 11.1 Å². The maximum Gasteiger partial charge on any atom is 0.331 e. The van der Waals surface area contributed by atoms with Gasteiger partial charge < -0.3 is 4.74 Å². The van der Waals surface area contributed by atoms with Gasteiger partial charge in [0.15, 0.2) is 6.04 Å². The number of hydrogen-bond acceptors (Lipinski definition) is 5. The summed E-state index contributed by atoms with van der Waals surface area (Å²) in [6, 6.07) is 5.33. The monoisotopic (exact) mass is 278 g/mol. The third-order valence-corrected chi connectivity index (χ3v) is 2.72. The Balaban J connectivity index is 2.93. The van der Waals surface area contributed by atoms with Crippen LogP contribution in [0.1, 0.15) is 26.3 Å². The molecule has 0 radical (unpaired) electrons. The first-order valence-corrected chi connectivity index (χ1v) is 6.11. The van der Waals surface area contributed by atoms with Crippen molar-refractivity contribution in [2.45, 2.75) is 26.8 Å². The summed E-state index contributed by atoms with van der Waals surface area (Å²) in [5.74, 6) is -0.407. The molecule has 0 spiro atoms. The zero-order valence-electron chi connectivity index (χ0n) is 12.0. The molecule has 1 rings (SSSR count). The van der Waals surface area contributed by atoms with Crippen molar-refractivity contribution < 1.29 is 14.5 Å². The van der Waals surface area contributed by atoms with Gasteiger partial charge in [0.1, 0.15) is 0 Å². The van der Waals surface area contributed by atoms with E-state index in [1.807, 2.05) is 20.8 Å². The summed E-state index contributed by atoms with van der Waals surface area (Å²) < 4.78 is 4.74. The second-order valence-electron chi connectivity index (χ2n) is 5.42. The maximum absolute atomic E-state index is 11.7. The van der Waals surface area contributed by atoms with E-state index in [1.54, 1.807) is 12.1 Å². The van der Waals surface area contributed by atoms with Crippen molar-refractivity contribution in [1.82, 2.24) is 0 Å². The molecule has 0 amide bonds. The van der Waals surface area contributed by atoms with E-state index in [1.165, 1.54) is 25.5 Å². The molecule has 1 aromatic rings. The van der Waals surface area contributed by atoms with Crippen molar-refractivity contribution >= 4 is 17.9 Å². The number of nitro groups is 1. The van der Waals surface area contributed by atoms with E-state index < -0.39 is 16.9 Å². The molecule has 0 heterocycles. The van der Waals surface area contributed by atoms with Crippen LogP contribution in [-0.4, -0.2) is 30.3 Å². The van der Waals surface area contributed by atoms with E-state index in [0.29, 0.717) is 5.56 Å². The zero-order valence-corrected chi connectivity index (χ0v) is 12.0. The highest BCUT2D eigenvalue weighted by Crippen LogP contribution is 2.23. The second-order valence-corrected chi connectivity index (χ2v) is 5.42. The predicted molar refractivity (Wildman–Crippen MR) is 75.9 cm³/mol. The lowest BCUT2D eigenvalue weighted by atomic mass is 9.87. The minimum Gasteiger partial charge on any atom is -0.467 e. The van der Waals surface area contributed by atoms with Gasteiger partial charge in [-0.05, 0) is 23.1 Å². The number of nitro benzene ring substituents is 1. The van der Waals surface area contributed by atoms with Crippen LogP contribution in [0.15, 0.2) is 29.3 Å². The Labute approximate surface area is 117 Å². The molecule has 0 aliphatic heterocycles. The van der Waals surface area contributed by atoms with Crippen LogP contribution in [0, 0.1) is 15.5 Å². The van der Waals surface area contributed by atoms with Crippen LogP contribution >= 0.6 is 0 Å². The Morgan fingerprint density at radius 3 is 2.30 bits per heavy atom. The number of ether oxygens (including phenoxy) is 1. The summed E-state index contributed by atoms with van der Waals surface area (Å²) >= 11 is 0. The van der Waals surface area contributed by atoms with Crippen molar-refractivity contribution in [3.63, 3.8) is 0 Å². The van der Waals surface area contributed by atoms with Crippen molar-refractivity contribution in [2.75, 3.05) is 7.11 Å². The first-order chi connectivity index (χ1) is 9.25. The first kappa shape index (κ1) is 15.8. The third-order valence-electron chi connectivity index (χ3n) is 2.72. The highest BCUT2D eigenvalue weighted by molar-refractivity contribution is 5.84. The molecule has 0 aliphatic rings. The molecule has 1 unspecified atom stereocenters. The number of rotatable bonds is 4. The number of nitrogens with zero attached hydrogens (tertiary/aromatic N) is 2. The number of hydrogen-bond donors (Lipinski definition) is 0. The minimum atomic E-state index is -0.623. The van der Waals surface area contributed by atoms with Crippen molar-refractivity contribution in [3.05, 3.63) is 39.9 Å². The predicted octanol–water partition coefficient (Wildman–Crippen LogP) is 2.60. The van der Waals surface area contributed by atoms with Crippen LogP contribution in [0.25, 0.3) is 0 Å². The van der Waals surface area contributed by atoms with Crippen LogP contribution < -0.4 is 0 Å². The Morgan fingerprint density at radius 2 is 1.90 bits per heavy atom. The van der Waals surface area contributed by atoms with E-state index in [4.69, 9.17) is 4.74 Å². The number of aliphatic imine (C=N–C) groups is 1. The summed E-state index contributed by atoms with van der Waals surface area (Å²) in [4.78, 5) is 26.0. The lowest BCUT2D eigenvalue weighted by Gasteiger charge is -2.24. The van der Waals surface area contributed by atoms with Gasteiger partial charge in [-0.2, -0.15) is 0 Å². The van der Waals surface area contributed by atoms with Gasteiger partial charge in [-0.25, -0.2) is 4.79 Å². The molecule has 1 atom stereocenters. The highest BCUT2D eigenvalue weighted by Gasteiger charge is 2.31. The topological polar surface area (TPSA) is 81.8 Å². The molecule has 0 N–H and O–H groups in total. The van der Waals surface area contributed by atoms with Crippen molar-refractivity contribution in [3.8, 4) is 0 Å². The molecule has 0 saturated carbocycles. The largest absolute Gasteiger partial charge is 0.467 e. The number of methoxy groups -OCH3 is 1. The van der Waals surface area contributed by atoms with Crippen LogP contribution in [0.3, 0.4) is 0 Å². The van der Waals surface area contributed by atoms with Crippen molar-refractivity contribution in [2.24, 2.45) is 10.4 Å². The fraction of sp³-hybridized carbons (Fsp3) is 0.429. The van der Waals surface area contributed by atoms with Crippen molar-refractivity contribution in [1.29, 1.82) is 0 Å². The Morgan fingerprint density at radius 1 is 1.35 bits per heavy atom. The van der Waals surface area contributed by atoms with E-state index >= 15 is 0 Å². The Bertz CT molecular complexity index is 515. The molecule has 20 heavy (non-hydrogen) atoms. The summed E-state index contributed by atoms with van der Waals surface area (Å²) in [7, 11) is 1.32. The molecule has 6 heteroatoms. The van der Waals surface area contributed by atoms with Crippen LogP contribution in [0.4, 0.5) is 5.69 Å². The average Bonchev–Trinajstić information content (AvgIpc) is 2.37. The number of esters is 1. The number of non-ortho nitro benzene ring substituents is 1. The van der Waals surface area contributed by atoms with Gasteiger partial charge in [0, 0.05) is 18.3 Å². The lowest BCUT2D eigenvalue weighted by Crippen LogP contribution is -2.33. The number of benzene rings is 1. The van der Waals surface area contributed by atoms with E-state index in [2.05, 4.69) is 4.99 Å². The average molecular weight is 278 g/mol. The summed E-state index contributed by atoms with van der Waals surface area (Å²) in [6.07, 6.45) is 1.52. The van der Waals surface area contributed by atoms with Gasteiger partial charge in [0.2, 0.25) is 0 Å². The number of carbonyl (C=O) groups is 1. The molecule has 0 aromatic heterocycles. The molecule has 0 aliphatic carbocycles. The third kappa shape index (κ3) is 4.15. The Hall–Kier alpha value is -2.24. The second kappa shape index (κ2) is 6.27. The van der Waals surface area contributed by atoms with Gasteiger partial charge >= 0.3 is 5.97 Å². The fourth-order valence-corrected chi connectivity index (χ4v) is 1.59. The van der Waals surface area contributed by atoms with Gasteiger partial charge in [-0.3, -0.25) is 15.1 Å². The minimum absolute atomic E-state index is 0.0162. The maximum atomic E-state index is 11.7. The lowest BCUT2D eigenvalue weighted by molar-refractivity contribution is -0.384. The molecule has 0 saturated heterocycles. The van der Waals surface area contributed by atoms with Crippen LogP contribution in [0.2, 0.25) is 0 Å². The van der Waals surface area contributed by atoms with Crippen LogP contribution in [-0.2, 0) is 9.53 Å². The summed E-state index contributed by atoms with van der Waals surface area (Å²) in [5.41, 5.74) is 0.334.